The standard InChI is InChI=1S/C16H20N2O3/c1-11(2)7-8-20-14-6-4-5-13(10-14)17-16(19)15-9-12(3)18-21-15/h4-6,9-11H,7-8H2,1-3H3,(H,17,19). The number of ether oxygens (including phenoxy) is 1. The van der Waals surface area contributed by atoms with Crippen LogP contribution >= 0.6 is 0 Å². The van der Waals surface area contributed by atoms with Gasteiger partial charge in [0.1, 0.15) is 5.75 Å². The van der Waals surface area contributed by atoms with Crippen LogP contribution in [0.5, 0.6) is 5.75 Å². The summed E-state index contributed by atoms with van der Waals surface area (Å²) in [5.74, 6) is 1.21. The van der Waals surface area contributed by atoms with Gasteiger partial charge >= 0.3 is 0 Å². The molecule has 112 valence electrons. The first kappa shape index (κ1) is 15.1. The van der Waals surface area contributed by atoms with E-state index in [0.717, 1.165) is 12.2 Å². The fourth-order valence-electron chi connectivity index (χ4n) is 1.74. The highest BCUT2D eigenvalue weighted by Gasteiger charge is 2.11. The summed E-state index contributed by atoms with van der Waals surface area (Å²) in [5.41, 5.74) is 1.34. The SMILES string of the molecule is Cc1cc(C(=O)Nc2cccc(OCCC(C)C)c2)on1. The predicted octanol–water partition coefficient (Wildman–Crippen LogP) is 3.66. The van der Waals surface area contributed by atoms with Gasteiger partial charge in [0.05, 0.1) is 12.3 Å². The minimum Gasteiger partial charge on any atom is -0.494 e. The van der Waals surface area contributed by atoms with Crippen molar-refractivity contribution in [2.75, 3.05) is 11.9 Å². The number of carbonyl (C=O) groups excluding carboxylic acids is 1. The fourth-order valence-corrected chi connectivity index (χ4v) is 1.74. The average molecular weight is 288 g/mol. The van der Waals surface area contributed by atoms with Crippen LogP contribution in [0.25, 0.3) is 0 Å². The maximum absolute atomic E-state index is 12.0. The second kappa shape index (κ2) is 6.92. The molecule has 0 aliphatic rings. The summed E-state index contributed by atoms with van der Waals surface area (Å²) in [6, 6.07) is 8.90. The average Bonchev–Trinajstić information content (AvgIpc) is 2.85. The number of anilines is 1. The second-order valence-electron chi connectivity index (χ2n) is 5.35. The third-order valence-electron chi connectivity index (χ3n) is 2.91. The zero-order valence-corrected chi connectivity index (χ0v) is 12.6. The van der Waals surface area contributed by atoms with Crippen molar-refractivity contribution in [1.82, 2.24) is 5.16 Å². The Kier molecular flexibility index (Phi) is 4.98. The van der Waals surface area contributed by atoms with Gasteiger partial charge in [-0.2, -0.15) is 0 Å². The summed E-state index contributed by atoms with van der Waals surface area (Å²) in [5, 5.41) is 6.45. The molecule has 21 heavy (non-hydrogen) atoms. The molecule has 0 atom stereocenters. The number of aromatic nitrogens is 1. The molecule has 0 saturated carbocycles. The van der Waals surface area contributed by atoms with Crippen molar-refractivity contribution >= 4 is 11.6 Å². The van der Waals surface area contributed by atoms with E-state index < -0.39 is 0 Å². The van der Waals surface area contributed by atoms with Gasteiger partial charge in [0.25, 0.3) is 5.91 Å². The van der Waals surface area contributed by atoms with Crippen LogP contribution in [-0.4, -0.2) is 17.7 Å². The van der Waals surface area contributed by atoms with E-state index >= 15 is 0 Å². The number of amides is 1. The molecule has 1 aromatic carbocycles. The van der Waals surface area contributed by atoms with Crippen molar-refractivity contribution in [2.45, 2.75) is 27.2 Å². The number of hydrogen-bond donors (Lipinski definition) is 1. The van der Waals surface area contributed by atoms with Gasteiger partial charge < -0.3 is 14.6 Å². The van der Waals surface area contributed by atoms with Crippen molar-refractivity contribution in [1.29, 1.82) is 0 Å². The third kappa shape index (κ3) is 4.63. The maximum atomic E-state index is 12.0. The van der Waals surface area contributed by atoms with E-state index in [1.165, 1.54) is 0 Å². The molecule has 0 bridgehead atoms. The summed E-state index contributed by atoms with van der Waals surface area (Å²) < 4.78 is 10.6. The molecule has 0 spiro atoms. The van der Waals surface area contributed by atoms with Crippen molar-refractivity contribution in [2.24, 2.45) is 5.92 Å². The molecule has 0 fully saturated rings. The topological polar surface area (TPSA) is 64.4 Å². The lowest BCUT2D eigenvalue weighted by Crippen LogP contribution is -2.11. The van der Waals surface area contributed by atoms with Crippen LogP contribution in [0.2, 0.25) is 0 Å². The van der Waals surface area contributed by atoms with Crippen LogP contribution in [0, 0.1) is 12.8 Å². The molecule has 5 heteroatoms. The lowest BCUT2D eigenvalue weighted by molar-refractivity contribution is 0.0988. The largest absolute Gasteiger partial charge is 0.494 e. The van der Waals surface area contributed by atoms with E-state index in [1.807, 2.05) is 12.1 Å². The molecule has 1 heterocycles. The molecule has 0 radical (unpaired) electrons. The Morgan fingerprint density at radius 2 is 2.19 bits per heavy atom. The molecule has 0 aliphatic carbocycles. The van der Waals surface area contributed by atoms with E-state index in [2.05, 4.69) is 24.3 Å². The maximum Gasteiger partial charge on any atom is 0.294 e. The molecular weight excluding hydrogens is 268 g/mol. The quantitative estimate of drug-likeness (QED) is 0.881. The summed E-state index contributed by atoms with van der Waals surface area (Å²) in [7, 11) is 0. The molecular formula is C16H20N2O3. The predicted molar refractivity (Wildman–Crippen MR) is 80.6 cm³/mol. The van der Waals surface area contributed by atoms with Gasteiger partial charge in [-0.05, 0) is 31.4 Å². The van der Waals surface area contributed by atoms with Gasteiger partial charge in [0.15, 0.2) is 0 Å². The summed E-state index contributed by atoms with van der Waals surface area (Å²) in [4.78, 5) is 12.0. The Hall–Kier alpha value is -2.30. The van der Waals surface area contributed by atoms with Gasteiger partial charge in [0.2, 0.25) is 5.76 Å². The van der Waals surface area contributed by atoms with E-state index in [0.29, 0.717) is 23.9 Å². The van der Waals surface area contributed by atoms with Crippen LogP contribution in [0.4, 0.5) is 5.69 Å². The fraction of sp³-hybridized carbons (Fsp3) is 0.375. The zero-order chi connectivity index (χ0) is 15.2. The first-order valence-electron chi connectivity index (χ1n) is 7.02. The van der Waals surface area contributed by atoms with Crippen molar-refractivity contribution in [3.63, 3.8) is 0 Å². The lowest BCUT2D eigenvalue weighted by atomic mass is 10.1. The molecule has 2 rings (SSSR count). The van der Waals surface area contributed by atoms with Gasteiger partial charge in [-0.15, -0.1) is 0 Å². The Bertz CT molecular complexity index is 605. The van der Waals surface area contributed by atoms with Gasteiger partial charge in [-0.3, -0.25) is 4.79 Å². The van der Waals surface area contributed by atoms with Gasteiger partial charge in [-0.25, -0.2) is 0 Å². The number of nitrogens with zero attached hydrogens (tertiary/aromatic N) is 1. The summed E-state index contributed by atoms with van der Waals surface area (Å²) in [6.45, 7) is 6.73. The normalized spacial score (nSPS) is 10.7. The molecule has 0 unspecified atom stereocenters. The van der Waals surface area contributed by atoms with Crippen molar-refractivity contribution in [3.05, 3.63) is 41.8 Å². The molecule has 1 amide bonds. The lowest BCUT2D eigenvalue weighted by Gasteiger charge is -2.09. The number of carbonyl (C=O) groups is 1. The minimum atomic E-state index is -0.324. The van der Waals surface area contributed by atoms with Gasteiger partial charge in [0, 0.05) is 17.8 Å². The van der Waals surface area contributed by atoms with Crippen LogP contribution in [-0.2, 0) is 0 Å². The van der Waals surface area contributed by atoms with Crippen LogP contribution in [0.15, 0.2) is 34.9 Å². The second-order valence-corrected chi connectivity index (χ2v) is 5.35. The third-order valence-corrected chi connectivity index (χ3v) is 2.91. The number of hydrogen-bond acceptors (Lipinski definition) is 4. The van der Waals surface area contributed by atoms with Crippen molar-refractivity contribution < 1.29 is 14.1 Å². The van der Waals surface area contributed by atoms with Crippen LogP contribution in [0.3, 0.4) is 0 Å². The van der Waals surface area contributed by atoms with Gasteiger partial charge in [-0.1, -0.05) is 25.1 Å². The molecule has 5 nitrogen and oxygen atoms in total. The molecule has 2 aromatic rings. The number of aryl methyl sites for hydroxylation is 1. The highest BCUT2D eigenvalue weighted by molar-refractivity contribution is 6.02. The summed E-state index contributed by atoms with van der Waals surface area (Å²) in [6.07, 6.45) is 0.994. The van der Waals surface area contributed by atoms with E-state index in [4.69, 9.17) is 9.26 Å². The van der Waals surface area contributed by atoms with Crippen LogP contribution < -0.4 is 10.1 Å². The molecule has 0 saturated heterocycles. The summed E-state index contributed by atoms with van der Waals surface area (Å²) >= 11 is 0. The Morgan fingerprint density at radius 3 is 2.86 bits per heavy atom. The smallest absolute Gasteiger partial charge is 0.294 e. The van der Waals surface area contributed by atoms with E-state index in [1.54, 1.807) is 25.1 Å². The molecule has 1 aromatic heterocycles. The first-order chi connectivity index (χ1) is 10.0. The van der Waals surface area contributed by atoms with E-state index in [9.17, 15) is 4.79 Å². The molecule has 0 aliphatic heterocycles. The Labute approximate surface area is 124 Å². The van der Waals surface area contributed by atoms with Crippen LogP contribution in [0.1, 0.15) is 36.5 Å². The first-order valence-corrected chi connectivity index (χ1v) is 7.02. The minimum absolute atomic E-state index is 0.193. The van der Waals surface area contributed by atoms with E-state index in [-0.39, 0.29) is 11.7 Å². The van der Waals surface area contributed by atoms with Crippen molar-refractivity contribution in [3.8, 4) is 5.75 Å². The zero-order valence-electron chi connectivity index (χ0n) is 12.6. The Morgan fingerprint density at radius 1 is 1.38 bits per heavy atom. The molecule has 1 N–H and O–H groups in total. The highest BCUT2D eigenvalue weighted by Crippen LogP contribution is 2.19. The highest BCUT2D eigenvalue weighted by atomic mass is 16.5. The number of rotatable bonds is 6. The Balaban J connectivity index is 1.96. The monoisotopic (exact) mass is 288 g/mol. The number of benzene rings is 1. The number of nitrogens with one attached hydrogen (secondary N) is 1.